The van der Waals surface area contributed by atoms with E-state index in [9.17, 15) is 18.0 Å². The standard InChI is InChI=1S/C21H25BrClN3O4S/c1-4-24-21(28)15(2)26(13-16-6-5-7-17(22)12-16)20(27)14-25(3)31(29,30)19-10-8-18(23)9-11-19/h5-12,15H,4,13-14H2,1-3H3,(H,24,28)/t15-/m1/s1. The molecule has 0 spiro atoms. The van der Waals surface area contributed by atoms with Gasteiger partial charge in [-0.25, -0.2) is 8.42 Å². The molecule has 0 aliphatic carbocycles. The highest BCUT2D eigenvalue weighted by Gasteiger charge is 2.30. The van der Waals surface area contributed by atoms with Crippen molar-refractivity contribution in [1.29, 1.82) is 0 Å². The summed E-state index contributed by atoms with van der Waals surface area (Å²) in [6.07, 6.45) is 0. The Morgan fingerprint density at radius 3 is 2.39 bits per heavy atom. The number of rotatable bonds is 9. The van der Waals surface area contributed by atoms with Crippen molar-refractivity contribution in [2.75, 3.05) is 20.1 Å². The van der Waals surface area contributed by atoms with E-state index in [2.05, 4.69) is 21.2 Å². The third-order valence-corrected chi connectivity index (χ3v) is 7.20. The molecule has 1 atom stereocenters. The van der Waals surface area contributed by atoms with E-state index in [-0.39, 0.29) is 17.3 Å². The van der Waals surface area contributed by atoms with Crippen LogP contribution in [-0.4, -0.2) is 55.6 Å². The lowest BCUT2D eigenvalue weighted by Crippen LogP contribution is -2.50. The number of sulfonamides is 1. The van der Waals surface area contributed by atoms with Crippen LogP contribution in [0.5, 0.6) is 0 Å². The maximum Gasteiger partial charge on any atom is 0.243 e. The number of hydrogen-bond donors (Lipinski definition) is 1. The van der Waals surface area contributed by atoms with Crippen LogP contribution >= 0.6 is 27.5 Å². The quantitative estimate of drug-likeness (QED) is 0.539. The molecule has 2 aromatic rings. The molecule has 0 unspecified atom stereocenters. The second kappa shape index (κ2) is 11.1. The number of nitrogens with zero attached hydrogens (tertiary/aromatic N) is 2. The van der Waals surface area contributed by atoms with Gasteiger partial charge in [0.15, 0.2) is 0 Å². The summed E-state index contributed by atoms with van der Waals surface area (Å²) < 4.78 is 27.5. The highest BCUT2D eigenvalue weighted by atomic mass is 79.9. The maximum absolute atomic E-state index is 13.1. The normalized spacial score (nSPS) is 12.5. The molecule has 0 fully saturated rings. The molecule has 0 radical (unpaired) electrons. The van der Waals surface area contributed by atoms with E-state index in [1.807, 2.05) is 24.3 Å². The molecule has 0 bridgehead atoms. The summed E-state index contributed by atoms with van der Waals surface area (Å²) in [4.78, 5) is 27.0. The minimum Gasteiger partial charge on any atom is -0.355 e. The van der Waals surface area contributed by atoms with Gasteiger partial charge in [0.05, 0.1) is 11.4 Å². The van der Waals surface area contributed by atoms with Gasteiger partial charge in [0, 0.05) is 29.6 Å². The summed E-state index contributed by atoms with van der Waals surface area (Å²) in [5, 5.41) is 3.12. The Balaban J connectivity index is 2.26. The van der Waals surface area contributed by atoms with Gasteiger partial charge in [-0.2, -0.15) is 4.31 Å². The highest BCUT2D eigenvalue weighted by molar-refractivity contribution is 9.10. The third-order valence-electron chi connectivity index (χ3n) is 4.64. The minimum atomic E-state index is -3.90. The molecule has 2 aromatic carbocycles. The number of nitrogens with one attached hydrogen (secondary N) is 1. The second-order valence-corrected chi connectivity index (χ2v) is 10.3. The topological polar surface area (TPSA) is 86.8 Å². The predicted octanol–water partition coefficient (Wildman–Crippen LogP) is 3.28. The Bertz CT molecular complexity index is 1030. The molecule has 0 saturated carbocycles. The SMILES string of the molecule is CCNC(=O)[C@@H](C)N(Cc1cccc(Br)c1)C(=O)CN(C)S(=O)(=O)c1ccc(Cl)cc1. The molecule has 0 heterocycles. The van der Waals surface area contributed by atoms with Gasteiger partial charge in [-0.05, 0) is 55.8 Å². The summed E-state index contributed by atoms with van der Waals surface area (Å²) in [6, 6.07) is 12.3. The van der Waals surface area contributed by atoms with Gasteiger partial charge in [0.1, 0.15) is 6.04 Å². The Kier molecular flexibility index (Phi) is 9.05. The lowest BCUT2D eigenvalue weighted by Gasteiger charge is -2.30. The van der Waals surface area contributed by atoms with Crippen molar-refractivity contribution in [2.45, 2.75) is 31.3 Å². The first-order chi connectivity index (χ1) is 14.6. The van der Waals surface area contributed by atoms with Crippen molar-refractivity contribution in [3.05, 3.63) is 63.6 Å². The summed E-state index contributed by atoms with van der Waals surface area (Å²) in [6.45, 7) is 3.58. The van der Waals surface area contributed by atoms with Crippen LogP contribution in [0.1, 0.15) is 19.4 Å². The van der Waals surface area contributed by atoms with Gasteiger partial charge < -0.3 is 10.2 Å². The fourth-order valence-corrected chi connectivity index (χ4v) is 4.58. The number of carbonyl (C=O) groups is 2. The van der Waals surface area contributed by atoms with E-state index in [0.717, 1.165) is 14.3 Å². The van der Waals surface area contributed by atoms with Crippen LogP contribution in [0.3, 0.4) is 0 Å². The molecule has 2 rings (SSSR count). The van der Waals surface area contributed by atoms with Gasteiger partial charge in [-0.3, -0.25) is 9.59 Å². The molecule has 7 nitrogen and oxygen atoms in total. The molecular formula is C21H25BrClN3O4S. The third kappa shape index (κ3) is 6.77. The first-order valence-electron chi connectivity index (χ1n) is 9.59. The summed E-state index contributed by atoms with van der Waals surface area (Å²) >= 11 is 9.23. The molecule has 0 aliphatic rings. The molecule has 10 heteroatoms. The van der Waals surface area contributed by atoms with E-state index in [1.54, 1.807) is 13.8 Å². The van der Waals surface area contributed by atoms with Crippen LogP contribution in [0.15, 0.2) is 57.9 Å². The zero-order valence-electron chi connectivity index (χ0n) is 17.5. The first-order valence-corrected chi connectivity index (χ1v) is 12.2. The molecule has 0 aliphatic heterocycles. The van der Waals surface area contributed by atoms with E-state index in [1.165, 1.54) is 36.2 Å². The Labute approximate surface area is 196 Å². The first kappa shape index (κ1) is 25.3. The van der Waals surface area contributed by atoms with Crippen LogP contribution in [0.4, 0.5) is 0 Å². The number of hydrogen-bond acceptors (Lipinski definition) is 4. The summed E-state index contributed by atoms with van der Waals surface area (Å²) in [7, 11) is -2.57. The fraction of sp³-hybridized carbons (Fsp3) is 0.333. The van der Waals surface area contributed by atoms with Crippen molar-refractivity contribution in [2.24, 2.45) is 0 Å². The Hall–Kier alpha value is -1.94. The van der Waals surface area contributed by atoms with Crippen molar-refractivity contribution in [1.82, 2.24) is 14.5 Å². The predicted molar refractivity (Wildman–Crippen MR) is 124 cm³/mol. The Morgan fingerprint density at radius 2 is 1.81 bits per heavy atom. The van der Waals surface area contributed by atoms with E-state index in [0.29, 0.717) is 11.6 Å². The smallest absolute Gasteiger partial charge is 0.243 e. The number of amides is 2. The van der Waals surface area contributed by atoms with Crippen molar-refractivity contribution >= 4 is 49.4 Å². The molecule has 2 amide bonds. The fourth-order valence-electron chi connectivity index (χ4n) is 2.89. The van der Waals surface area contributed by atoms with E-state index >= 15 is 0 Å². The van der Waals surface area contributed by atoms with Crippen LogP contribution < -0.4 is 5.32 Å². The van der Waals surface area contributed by atoms with Gasteiger partial charge >= 0.3 is 0 Å². The number of halogens is 2. The van der Waals surface area contributed by atoms with Crippen LogP contribution in [0, 0.1) is 0 Å². The molecule has 0 saturated heterocycles. The lowest BCUT2D eigenvalue weighted by molar-refractivity contribution is -0.140. The van der Waals surface area contributed by atoms with E-state index < -0.39 is 28.5 Å². The molecule has 168 valence electrons. The largest absolute Gasteiger partial charge is 0.355 e. The number of carbonyl (C=O) groups excluding carboxylic acids is 2. The minimum absolute atomic E-state index is 0.0301. The highest BCUT2D eigenvalue weighted by Crippen LogP contribution is 2.19. The van der Waals surface area contributed by atoms with Crippen LogP contribution in [0.2, 0.25) is 5.02 Å². The molecule has 31 heavy (non-hydrogen) atoms. The molecular weight excluding hydrogens is 506 g/mol. The van der Waals surface area contributed by atoms with Crippen molar-refractivity contribution < 1.29 is 18.0 Å². The van der Waals surface area contributed by atoms with Crippen LogP contribution in [-0.2, 0) is 26.2 Å². The average molecular weight is 531 g/mol. The molecule has 0 aromatic heterocycles. The Morgan fingerprint density at radius 1 is 1.16 bits per heavy atom. The van der Waals surface area contributed by atoms with E-state index in [4.69, 9.17) is 11.6 Å². The lowest BCUT2D eigenvalue weighted by atomic mass is 10.1. The van der Waals surface area contributed by atoms with Gasteiger partial charge in [-0.1, -0.05) is 39.7 Å². The van der Waals surface area contributed by atoms with Crippen molar-refractivity contribution in [3.8, 4) is 0 Å². The van der Waals surface area contributed by atoms with Gasteiger partial charge in [0.25, 0.3) is 0 Å². The monoisotopic (exact) mass is 529 g/mol. The molecule has 1 N–H and O–H groups in total. The van der Waals surface area contributed by atoms with Crippen molar-refractivity contribution in [3.63, 3.8) is 0 Å². The number of likely N-dealkylation sites (N-methyl/N-ethyl adjacent to an activating group) is 2. The maximum atomic E-state index is 13.1. The summed E-state index contributed by atoms with van der Waals surface area (Å²) in [5.74, 6) is -0.798. The zero-order valence-corrected chi connectivity index (χ0v) is 20.7. The van der Waals surface area contributed by atoms with Crippen LogP contribution in [0.25, 0.3) is 0 Å². The average Bonchev–Trinajstić information content (AvgIpc) is 2.72. The van der Waals surface area contributed by atoms with Gasteiger partial charge in [-0.15, -0.1) is 0 Å². The number of benzene rings is 2. The van der Waals surface area contributed by atoms with Gasteiger partial charge in [0.2, 0.25) is 21.8 Å². The second-order valence-electron chi connectivity index (χ2n) is 6.94. The summed E-state index contributed by atoms with van der Waals surface area (Å²) in [5.41, 5.74) is 0.807. The zero-order chi connectivity index (χ0) is 23.2.